The summed E-state index contributed by atoms with van der Waals surface area (Å²) < 4.78 is 1.03. The summed E-state index contributed by atoms with van der Waals surface area (Å²) in [5, 5.41) is 3.46. The molecule has 0 spiro atoms. The number of hydrogen-bond acceptors (Lipinski definition) is 3. The first-order valence-electron chi connectivity index (χ1n) is 4.65. The van der Waals surface area contributed by atoms with E-state index in [0.29, 0.717) is 6.04 Å². The number of nitrogens with two attached hydrogens (primary N) is 1. The van der Waals surface area contributed by atoms with E-state index in [9.17, 15) is 0 Å². The molecule has 0 saturated carbocycles. The SMILES string of the molecule is CN1CC(Nc2ccc(N)cc2Br)C1. The third kappa shape index (κ3) is 2.01. The molecular weight excluding hydrogens is 242 g/mol. The van der Waals surface area contributed by atoms with E-state index in [1.54, 1.807) is 0 Å². The number of anilines is 2. The van der Waals surface area contributed by atoms with E-state index in [4.69, 9.17) is 5.73 Å². The molecule has 0 aliphatic carbocycles. The van der Waals surface area contributed by atoms with Gasteiger partial charge < -0.3 is 16.0 Å². The lowest BCUT2D eigenvalue weighted by atomic mass is 10.1. The Hall–Kier alpha value is -0.740. The van der Waals surface area contributed by atoms with Crippen LogP contribution in [0.4, 0.5) is 11.4 Å². The fourth-order valence-corrected chi connectivity index (χ4v) is 2.17. The van der Waals surface area contributed by atoms with Crippen molar-refractivity contribution < 1.29 is 0 Å². The first kappa shape index (κ1) is 9.80. The predicted molar refractivity (Wildman–Crippen MR) is 63.5 cm³/mol. The van der Waals surface area contributed by atoms with Gasteiger partial charge in [0.1, 0.15) is 0 Å². The molecule has 4 heteroatoms. The van der Waals surface area contributed by atoms with Gasteiger partial charge in [0, 0.05) is 28.9 Å². The van der Waals surface area contributed by atoms with Gasteiger partial charge in [-0.1, -0.05) is 0 Å². The van der Waals surface area contributed by atoms with Crippen LogP contribution in [0.1, 0.15) is 0 Å². The molecule has 76 valence electrons. The molecule has 0 aromatic heterocycles. The summed E-state index contributed by atoms with van der Waals surface area (Å²) >= 11 is 3.49. The highest BCUT2D eigenvalue weighted by atomic mass is 79.9. The largest absolute Gasteiger partial charge is 0.399 e. The van der Waals surface area contributed by atoms with E-state index in [1.165, 1.54) is 0 Å². The fraction of sp³-hybridized carbons (Fsp3) is 0.400. The van der Waals surface area contributed by atoms with E-state index in [0.717, 1.165) is 28.9 Å². The van der Waals surface area contributed by atoms with Crippen molar-refractivity contribution in [3.8, 4) is 0 Å². The number of rotatable bonds is 2. The second-order valence-electron chi connectivity index (χ2n) is 3.80. The number of nitrogens with zero attached hydrogens (tertiary/aromatic N) is 1. The molecule has 14 heavy (non-hydrogen) atoms. The number of nitrogen functional groups attached to an aromatic ring is 1. The van der Waals surface area contributed by atoms with Crippen LogP contribution in [0.25, 0.3) is 0 Å². The van der Waals surface area contributed by atoms with Crippen LogP contribution in [0.5, 0.6) is 0 Å². The number of hydrogen-bond donors (Lipinski definition) is 2. The zero-order valence-corrected chi connectivity index (χ0v) is 9.71. The quantitative estimate of drug-likeness (QED) is 0.792. The standard InChI is InChI=1S/C10H14BrN3/c1-14-5-8(6-14)13-10-3-2-7(12)4-9(10)11/h2-4,8,13H,5-6,12H2,1H3. The smallest absolute Gasteiger partial charge is 0.0515 e. The third-order valence-corrected chi connectivity index (χ3v) is 3.07. The number of likely N-dealkylation sites (tertiary alicyclic amines) is 1. The Morgan fingerprint density at radius 3 is 2.79 bits per heavy atom. The second-order valence-corrected chi connectivity index (χ2v) is 4.66. The minimum atomic E-state index is 0.569. The van der Waals surface area contributed by atoms with E-state index >= 15 is 0 Å². The van der Waals surface area contributed by atoms with Gasteiger partial charge in [-0.15, -0.1) is 0 Å². The Bertz CT molecular complexity index is 334. The highest BCUT2D eigenvalue weighted by molar-refractivity contribution is 9.10. The molecule has 3 nitrogen and oxygen atoms in total. The van der Waals surface area contributed by atoms with Crippen LogP contribution >= 0.6 is 15.9 Å². The highest BCUT2D eigenvalue weighted by Gasteiger charge is 2.22. The molecule has 1 fully saturated rings. The lowest BCUT2D eigenvalue weighted by Crippen LogP contribution is -2.52. The normalized spacial score (nSPS) is 17.9. The Kier molecular flexibility index (Phi) is 2.65. The average Bonchev–Trinajstić information content (AvgIpc) is 2.06. The topological polar surface area (TPSA) is 41.3 Å². The Morgan fingerprint density at radius 2 is 2.21 bits per heavy atom. The second kappa shape index (κ2) is 3.79. The van der Waals surface area contributed by atoms with Gasteiger partial charge in [-0.05, 0) is 41.2 Å². The zero-order chi connectivity index (χ0) is 10.1. The summed E-state index contributed by atoms with van der Waals surface area (Å²) in [6.45, 7) is 2.22. The molecule has 1 aliphatic heterocycles. The number of benzene rings is 1. The number of halogens is 1. The van der Waals surface area contributed by atoms with Crippen molar-refractivity contribution in [3.63, 3.8) is 0 Å². The maximum absolute atomic E-state index is 5.66. The lowest BCUT2D eigenvalue weighted by Gasteiger charge is -2.37. The summed E-state index contributed by atoms with van der Waals surface area (Å²) in [5.74, 6) is 0. The van der Waals surface area contributed by atoms with Crippen molar-refractivity contribution in [1.29, 1.82) is 0 Å². The van der Waals surface area contributed by atoms with Crippen LogP contribution in [-0.2, 0) is 0 Å². The van der Waals surface area contributed by atoms with Crippen molar-refractivity contribution in [2.75, 3.05) is 31.2 Å². The van der Waals surface area contributed by atoms with E-state index in [-0.39, 0.29) is 0 Å². The van der Waals surface area contributed by atoms with Crippen molar-refractivity contribution in [2.45, 2.75) is 6.04 Å². The Labute approximate surface area is 92.4 Å². The van der Waals surface area contributed by atoms with Crippen LogP contribution in [0.2, 0.25) is 0 Å². The van der Waals surface area contributed by atoms with Gasteiger partial charge >= 0.3 is 0 Å². The molecule has 1 heterocycles. The van der Waals surface area contributed by atoms with E-state index in [1.807, 2.05) is 18.2 Å². The predicted octanol–water partition coefficient (Wildman–Crippen LogP) is 1.76. The van der Waals surface area contributed by atoms with Gasteiger partial charge in [-0.25, -0.2) is 0 Å². The average molecular weight is 256 g/mol. The summed E-state index contributed by atoms with van der Waals surface area (Å²) in [6, 6.07) is 6.41. The molecule has 1 aromatic rings. The van der Waals surface area contributed by atoms with Gasteiger partial charge in [-0.2, -0.15) is 0 Å². The van der Waals surface area contributed by atoms with Gasteiger partial charge in [0.2, 0.25) is 0 Å². The minimum Gasteiger partial charge on any atom is -0.399 e. The Morgan fingerprint density at radius 1 is 1.50 bits per heavy atom. The minimum absolute atomic E-state index is 0.569. The number of likely N-dealkylation sites (N-methyl/N-ethyl adjacent to an activating group) is 1. The molecule has 1 saturated heterocycles. The van der Waals surface area contributed by atoms with Crippen LogP contribution in [0, 0.1) is 0 Å². The molecule has 1 aromatic carbocycles. The van der Waals surface area contributed by atoms with Gasteiger partial charge in [0.15, 0.2) is 0 Å². The molecule has 1 aliphatic rings. The van der Waals surface area contributed by atoms with Crippen LogP contribution in [0.15, 0.2) is 22.7 Å². The zero-order valence-electron chi connectivity index (χ0n) is 8.13. The van der Waals surface area contributed by atoms with Crippen molar-refractivity contribution in [1.82, 2.24) is 4.90 Å². The highest BCUT2D eigenvalue weighted by Crippen LogP contribution is 2.26. The van der Waals surface area contributed by atoms with Crippen molar-refractivity contribution >= 4 is 27.3 Å². The number of nitrogens with one attached hydrogen (secondary N) is 1. The summed E-state index contributed by atoms with van der Waals surface area (Å²) in [4.78, 5) is 2.28. The molecule has 0 unspecified atom stereocenters. The summed E-state index contributed by atoms with van der Waals surface area (Å²) in [7, 11) is 2.12. The molecule has 3 N–H and O–H groups in total. The molecular formula is C10H14BrN3. The molecule has 2 rings (SSSR count). The van der Waals surface area contributed by atoms with Crippen LogP contribution in [-0.4, -0.2) is 31.1 Å². The van der Waals surface area contributed by atoms with Gasteiger partial charge in [0.25, 0.3) is 0 Å². The summed E-state index contributed by atoms with van der Waals surface area (Å²) in [6.07, 6.45) is 0. The lowest BCUT2D eigenvalue weighted by molar-refractivity contribution is 0.205. The first-order chi connectivity index (χ1) is 6.65. The molecule has 0 radical (unpaired) electrons. The molecule has 0 amide bonds. The van der Waals surface area contributed by atoms with E-state index < -0.39 is 0 Å². The summed E-state index contributed by atoms with van der Waals surface area (Å²) in [5.41, 5.74) is 7.57. The first-order valence-corrected chi connectivity index (χ1v) is 5.44. The van der Waals surface area contributed by atoms with Crippen LogP contribution < -0.4 is 11.1 Å². The fourth-order valence-electron chi connectivity index (χ4n) is 1.66. The molecule has 0 bridgehead atoms. The van der Waals surface area contributed by atoms with Gasteiger partial charge in [-0.3, -0.25) is 0 Å². The maximum Gasteiger partial charge on any atom is 0.0515 e. The molecule has 0 atom stereocenters. The van der Waals surface area contributed by atoms with Crippen LogP contribution in [0.3, 0.4) is 0 Å². The monoisotopic (exact) mass is 255 g/mol. The van der Waals surface area contributed by atoms with Gasteiger partial charge in [0.05, 0.1) is 6.04 Å². The van der Waals surface area contributed by atoms with Crippen molar-refractivity contribution in [3.05, 3.63) is 22.7 Å². The van der Waals surface area contributed by atoms with E-state index in [2.05, 4.69) is 33.2 Å². The Balaban J connectivity index is 2.02. The van der Waals surface area contributed by atoms with Crippen molar-refractivity contribution in [2.24, 2.45) is 0 Å². The third-order valence-electron chi connectivity index (χ3n) is 2.42. The maximum atomic E-state index is 5.66.